The molecule has 5 rings (SSSR count). The fraction of sp³-hybridized carbons (Fsp3) is 0.103. The first-order valence-electron chi connectivity index (χ1n) is 11.1. The summed E-state index contributed by atoms with van der Waals surface area (Å²) in [5, 5.41) is 11.2. The van der Waals surface area contributed by atoms with Crippen LogP contribution in [0, 0.1) is 5.92 Å². The quantitative estimate of drug-likeness (QED) is 0.291. The Balaban J connectivity index is 1.73. The number of fused-ring (bicyclic) bond motifs is 1. The average molecular weight is 503 g/mol. The van der Waals surface area contributed by atoms with Gasteiger partial charge < -0.3 is 9.84 Å². The zero-order valence-electron chi connectivity index (χ0n) is 18.4. The number of carbonyl (C=O) groups is 2. The first-order chi connectivity index (χ1) is 16.9. The normalized spacial score (nSPS) is 17.8. The van der Waals surface area contributed by atoms with E-state index in [0.717, 1.165) is 5.56 Å². The summed E-state index contributed by atoms with van der Waals surface area (Å²) in [6.07, 6.45) is -0.743. The topological polar surface area (TPSA) is 63.6 Å². The molecular formula is C29H20Cl2O4. The molecule has 0 spiro atoms. The Morgan fingerprint density at radius 1 is 0.829 bits per heavy atom. The molecule has 6 heteroatoms. The van der Waals surface area contributed by atoms with Gasteiger partial charge in [0, 0.05) is 10.0 Å². The van der Waals surface area contributed by atoms with E-state index in [2.05, 4.69) is 0 Å². The summed E-state index contributed by atoms with van der Waals surface area (Å²) in [7, 11) is 0. The molecule has 4 nitrogen and oxygen atoms in total. The van der Waals surface area contributed by atoms with Gasteiger partial charge in [0.15, 0.2) is 11.6 Å². The Bertz CT molecular complexity index is 1400. The van der Waals surface area contributed by atoms with Gasteiger partial charge in [0.25, 0.3) is 0 Å². The number of hydrogen-bond donors (Lipinski definition) is 1. The molecule has 0 saturated heterocycles. The third-order valence-electron chi connectivity index (χ3n) is 6.24. The lowest BCUT2D eigenvalue weighted by Crippen LogP contribution is -2.39. The van der Waals surface area contributed by atoms with E-state index in [4.69, 9.17) is 27.9 Å². The highest BCUT2D eigenvalue weighted by atomic mass is 35.5. The number of carbonyl (C=O) groups excluding carboxylic acids is 2. The summed E-state index contributed by atoms with van der Waals surface area (Å²) >= 11 is 12.4. The van der Waals surface area contributed by atoms with E-state index in [-0.39, 0.29) is 17.1 Å². The van der Waals surface area contributed by atoms with E-state index in [1.807, 2.05) is 48.5 Å². The maximum absolute atomic E-state index is 14.1. The van der Waals surface area contributed by atoms with E-state index in [9.17, 15) is 14.7 Å². The lowest BCUT2D eigenvalue weighted by atomic mass is 9.71. The van der Waals surface area contributed by atoms with Gasteiger partial charge in [-0.05, 0) is 47.5 Å². The molecule has 35 heavy (non-hydrogen) atoms. The molecule has 1 aliphatic heterocycles. The van der Waals surface area contributed by atoms with Crippen LogP contribution < -0.4 is 4.74 Å². The van der Waals surface area contributed by atoms with Gasteiger partial charge >= 0.3 is 0 Å². The second-order valence-electron chi connectivity index (χ2n) is 8.39. The van der Waals surface area contributed by atoms with Crippen LogP contribution in [-0.2, 0) is 0 Å². The van der Waals surface area contributed by atoms with Crippen molar-refractivity contribution in [2.24, 2.45) is 5.92 Å². The van der Waals surface area contributed by atoms with Crippen LogP contribution in [0.15, 0.2) is 97.1 Å². The number of rotatable bonds is 5. The maximum Gasteiger partial charge on any atom is 0.174 e. The fourth-order valence-corrected chi connectivity index (χ4v) is 4.97. The smallest absolute Gasteiger partial charge is 0.174 e. The Morgan fingerprint density at radius 3 is 2.17 bits per heavy atom. The summed E-state index contributed by atoms with van der Waals surface area (Å²) < 4.78 is 6.38. The monoisotopic (exact) mass is 502 g/mol. The highest BCUT2D eigenvalue weighted by Gasteiger charge is 2.46. The molecule has 0 aliphatic carbocycles. The van der Waals surface area contributed by atoms with Crippen LogP contribution in [0.2, 0.25) is 10.0 Å². The first kappa shape index (κ1) is 23.2. The highest BCUT2D eigenvalue weighted by Crippen LogP contribution is 2.47. The number of aromatic hydroxyl groups is 1. The molecule has 0 amide bonds. The van der Waals surface area contributed by atoms with Gasteiger partial charge in [-0.1, -0.05) is 83.9 Å². The minimum Gasteiger partial charge on any atom is -0.507 e. The molecule has 0 aromatic heterocycles. The van der Waals surface area contributed by atoms with Crippen molar-refractivity contribution < 1.29 is 19.4 Å². The van der Waals surface area contributed by atoms with E-state index in [0.29, 0.717) is 26.9 Å². The Morgan fingerprint density at radius 2 is 1.46 bits per heavy atom. The summed E-state index contributed by atoms with van der Waals surface area (Å²) in [5.41, 5.74) is 1.75. The maximum atomic E-state index is 14.1. The molecule has 1 aliphatic rings. The van der Waals surface area contributed by atoms with Crippen molar-refractivity contribution in [3.63, 3.8) is 0 Å². The molecule has 1 N–H and O–H groups in total. The number of halogens is 2. The van der Waals surface area contributed by atoms with Crippen LogP contribution in [0.5, 0.6) is 11.5 Å². The molecule has 0 saturated carbocycles. The van der Waals surface area contributed by atoms with Crippen molar-refractivity contribution in [2.75, 3.05) is 0 Å². The molecule has 4 aromatic carbocycles. The van der Waals surface area contributed by atoms with Crippen LogP contribution in [0.1, 0.15) is 43.9 Å². The summed E-state index contributed by atoms with van der Waals surface area (Å²) in [6, 6.07) is 27.6. The van der Waals surface area contributed by atoms with Gasteiger partial charge in [0.2, 0.25) is 0 Å². The molecule has 0 bridgehead atoms. The molecule has 0 unspecified atom stereocenters. The summed E-state index contributed by atoms with van der Waals surface area (Å²) in [4.78, 5) is 28.1. The van der Waals surface area contributed by atoms with E-state index >= 15 is 0 Å². The van der Waals surface area contributed by atoms with Crippen molar-refractivity contribution in [3.05, 3.63) is 129 Å². The number of benzene rings is 4. The van der Waals surface area contributed by atoms with E-state index < -0.39 is 23.7 Å². The molecule has 4 aromatic rings. The molecule has 0 radical (unpaired) electrons. The lowest BCUT2D eigenvalue weighted by molar-refractivity contribution is 0.0548. The van der Waals surface area contributed by atoms with Crippen molar-refractivity contribution in [1.29, 1.82) is 0 Å². The number of hydrogen-bond acceptors (Lipinski definition) is 4. The van der Waals surface area contributed by atoms with Crippen LogP contribution in [0.25, 0.3) is 0 Å². The van der Waals surface area contributed by atoms with Gasteiger partial charge in [-0.15, -0.1) is 0 Å². The molecule has 3 atom stereocenters. The van der Waals surface area contributed by atoms with Gasteiger partial charge in [-0.2, -0.15) is 0 Å². The summed E-state index contributed by atoms with van der Waals surface area (Å²) in [6.45, 7) is 0. The van der Waals surface area contributed by atoms with Crippen LogP contribution in [-0.4, -0.2) is 16.7 Å². The van der Waals surface area contributed by atoms with E-state index in [1.54, 1.807) is 30.3 Å². The van der Waals surface area contributed by atoms with Crippen molar-refractivity contribution in [2.45, 2.75) is 12.0 Å². The van der Waals surface area contributed by atoms with Crippen molar-refractivity contribution in [1.82, 2.24) is 0 Å². The zero-order chi connectivity index (χ0) is 24.5. The number of ketones is 2. The number of phenolic OH excluding ortho intramolecular Hbond substituents is 1. The number of Topliss-reactive ketones (excluding diaryl/α,β-unsaturated/α-hetero) is 2. The van der Waals surface area contributed by atoms with E-state index in [1.165, 1.54) is 18.2 Å². The minimum atomic E-state index is -0.953. The van der Waals surface area contributed by atoms with Crippen LogP contribution in [0.3, 0.4) is 0 Å². The zero-order valence-corrected chi connectivity index (χ0v) is 19.9. The van der Waals surface area contributed by atoms with Crippen molar-refractivity contribution >= 4 is 34.8 Å². The SMILES string of the molecule is O=C1c2cc(Cl)ccc2O[C@H](c2ccccc2)[C@H]1[C@@H](C(=O)c1cc(Cl)ccc1O)c1ccccc1. The second-order valence-corrected chi connectivity index (χ2v) is 9.27. The number of ether oxygens (including phenoxy) is 1. The molecule has 0 fully saturated rings. The largest absolute Gasteiger partial charge is 0.507 e. The molecule has 174 valence electrons. The minimum absolute atomic E-state index is 0.0443. The Hall–Kier alpha value is -3.60. The first-order valence-corrected chi connectivity index (χ1v) is 11.8. The van der Waals surface area contributed by atoms with Gasteiger partial charge in [0.05, 0.1) is 23.0 Å². The Labute approximate surface area is 212 Å². The number of phenols is 1. The fourth-order valence-electron chi connectivity index (χ4n) is 4.62. The highest BCUT2D eigenvalue weighted by molar-refractivity contribution is 6.31. The van der Waals surface area contributed by atoms with Gasteiger partial charge in [-0.3, -0.25) is 9.59 Å². The predicted molar refractivity (Wildman–Crippen MR) is 136 cm³/mol. The van der Waals surface area contributed by atoms with Crippen LogP contribution >= 0.6 is 23.2 Å². The predicted octanol–water partition coefficient (Wildman–Crippen LogP) is 7.30. The molecular weight excluding hydrogens is 483 g/mol. The van der Waals surface area contributed by atoms with Crippen molar-refractivity contribution in [3.8, 4) is 11.5 Å². The van der Waals surface area contributed by atoms with Gasteiger partial charge in [0.1, 0.15) is 17.6 Å². The Kier molecular flexibility index (Phi) is 6.33. The van der Waals surface area contributed by atoms with Gasteiger partial charge in [-0.25, -0.2) is 0 Å². The standard InChI is InChI=1S/C29H20Cl2O4/c30-19-11-13-23(32)21(15-19)27(33)25(17-7-3-1-4-8-17)26-28(34)22-16-20(31)12-14-24(22)35-29(26)18-9-5-2-6-10-18/h1-16,25-26,29,32H/t25-,26-,29+/m0/s1. The average Bonchev–Trinajstić information content (AvgIpc) is 2.88. The molecule has 1 heterocycles. The third-order valence-corrected chi connectivity index (χ3v) is 6.71. The summed E-state index contributed by atoms with van der Waals surface area (Å²) in [5.74, 6) is -2.35. The van der Waals surface area contributed by atoms with Crippen LogP contribution in [0.4, 0.5) is 0 Å². The second kappa shape index (κ2) is 9.57. The lowest BCUT2D eigenvalue weighted by Gasteiger charge is -2.37. The third kappa shape index (κ3) is 4.43.